The van der Waals surface area contributed by atoms with Gasteiger partial charge in [-0.25, -0.2) is 4.98 Å². The first kappa shape index (κ1) is 13.8. The maximum atomic E-state index is 5.80. The van der Waals surface area contributed by atoms with Crippen LogP contribution in [0.4, 0.5) is 0 Å². The summed E-state index contributed by atoms with van der Waals surface area (Å²) in [5, 5.41) is 0. The van der Waals surface area contributed by atoms with Crippen molar-refractivity contribution in [2.75, 3.05) is 6.54 Å². The van der Waals surface area contributed by atoms with E-state index in [1.165, 1.54) is 11.1 Å². The van der Waals surface area contributed by atoms with Crippen LogP contribution in [0.15, 0.2) is 34.3 Å². The highest BCUT2D eigenvalue weighted by Crippen LogP contribution is 2.20. The largest absolute Gasteiger partial charge is 0.441 e. The summed E-state index contributed by atoms with van der Waals surface area (Å²) in [5.74, 6) is 0.846. The van der Waals surface area contributed by atoms with E-state index in [1.807, 2.05) is 13.0 Å². The number of hydrogen-bond donors (Lipinski definition) is 1. The third-order valence-electron chi connectivity index (χ3n) is 3.34. The summed E-state index contributed by atoms with van der Waals surface area (Å²) in [6.45, 7) is 4.80. The van der Waals surface area contributed by atoms with Gasteiger partial charge in [-0.1, -0.05) is 31.1 Å². The molecule has 0 atom stereocenters. The molecule has 1 aromatic carbocycles. The molecule has 0 saturated carbocycles. The zero-order valence-electron chi connectivity index (χ0n) is 11.8. The van der Waals surface area contributed by atoms with Gasteiger partial charge in [-0.2, -0.15) is 0 Å². The van der Waals surface area contributed by atoms with Gasteiger partial charge in [0.15, 0.2) is 11.5 Å². The number of rotatable bonds is 6. The Morgan fingerprint density at radius 3 is 2.95 bits per heavy atom. The first-order chi connectivity index (χ1) is 9.26. The Labute approximate surface area is 114 Å². The molecule has 0 aliphatic heterocycles. The van der Waals surface area contributed by atoms with Crippen molar-refractivity contribution < 1.29 is 4.42 Å². The summed E-state index contributed by atoms with van der Waals surface area (Å²) in [4.78, 5) is 4.50. The Balaban J connectivity index is 2.20. The predicted octanol–water partition coefficient (Wildman–Crippen LogP) is 3.62. The second kappa shape index (κ2) is 6.53. The number of unbranched alkanes of at least 4 members (excludes halogenated alkanes) is 1. The highest BCUT2D eigenvalue weighted by atomic mass is 16.3. The molecule has 0 aliphatic rings. The zero-order chi connectivity index (χ0) is 13.7. The monoisotopic (exact) mass is 258 g/mol. The van der Waals surface area contributed by atoms with Gasteiger partial charge in [0.25, 0.3) is 0 Å². The van der Waals surface area contributed by atoms with Gasteiger partial charge < -0.3 is 10.2 Å². The molecule has 0 spiro atoms. The van der Waals surface area contributed by atoms with Gasteiger partial charge in [-0.15, -0.1) is 0 Å². The van der Waals surface area contributed by atoms with Crippen molar-refractivity contribution in [3.8, 4) is 0 Å². The Morgan fingerprint density at radius 2 is 2.26 bits per heavy atom. The molecule has 19 heavy (non-hydrogen) atoms. The van der Waals surface area contributed by atoms with Crippen LogP contribution in [0, 0.1) is 0 Å². The highest BCUT2D eigenvalue weighted by molar-refractivity contribution is 5.73. The van der Waals surface area contributed by atoms with Crippen molar-refractivity contribution in [3.05, 3.63) is 41.3 Å². The Bertz CT molecular complexity index is 569. The highest BCUT2D eigenvalue weighted by Gasteiger charge is 2.06. The number of benzene rings is 1. The van der Waals surface area contributed by atoms with Crippen LogP contribution in [0.25, 0.3) is 11.1 Å². The predicted molar refractivity (Wildman–Crippen MR) is 79.1 cm³/mol. The van der Waals surface area contributed by atoms with Gasteiger partial charge in [0.05, 0.1) is 0 Å². The Hall–Kier alpha value is -1.61. The smallest absolute Gasteiger partial charge is 0.195 e. The summed E-state index contributed by atoms with van der Waals surface area (Å²) in [7, 11) is 0. The summed E-state index contributed by atoms with van der Waals surface area (Å²) in [6.07, 6.45) is 6.16. The van der Waals surface area contributed by atoms with Crippen molar-refractivity contribution in [2.45, 2.75) is 39.5 Å². The lowest BCUT2D eigenvalue weighted by molar-refractivity contribution is 0.517. The normalized spacial score (nSPS) is 12.3. The first-order valence-corrected chi connectivity index (χ1v) is 6.99. The van der Waals surface area contributed by atoms with Crippen LogP contribution in [-0.2, 0) is 12.8 Å². The standard InChI is InChI=1S/C16H22N2O/c1-3-5-6-16-18-14-8-7-13(10-15(14)19-16)9-12(4-2)11-17/h4,7-8,10H,3,5-6,9,11,17H2,1-2H3/b12-4-. The van der Waals surface area contributed by atoms with E-state index in [-0.39, 0.29) is 0 Å². The van der Waals surface area contributed by atoms with Crippen LogP contribution < -0.4 is 5.73 Å². The van der Waals surface area contributed by atoms with Gasteiger partial charge in [0.2, 0.25) is 0 Å². The van der Waals surface area contributed by atoms with Crippen molar-refractivity contribution >= 4 is 11.1 Å². The van der Waals surface area contributed by atoms with Crippen molar-refractivity contribution in [3.63, 3.8) is 0 Å². The fourth-order valence-electron chi connectivity index (χ4n) is 2.12. The zero-order valence-corrected chi connectivity index (χ0v) is 11.8. The summed E-state index contributed by atoms with van der Waals surface area (Å²) >= 11 is 0. The molecule has 0 amide bonds. The number of fused-ring (bicyclic) bond motifs is 1. The molecule has 1 aromatic heterocycles. The van der Waals surface area contributed by atoms with E-state index in [9.17, 15) is 0 Å². The van der Waals surface area contributed by atoms with Crippen LogP contribution in [0.3, 0.4) is 0 Å². The summed E-state index contributed by atoms with van der Waals surface area (Å²) in [6, 6.07) is 6.22. The van der Waals surface area contributed by atoms with Gasteiger partial charge >= 0.3 is 0 Å². The molecular weight excluding hydrogens is 236 g/mol. The second-order valence-electron chi connectivity index (χ2n) is 4.84. The molecule has 2 aromatic rings. The molecule has 0 saturated heterocycles. The molecule has 1 heterocycles. The molecule has 0 bridgehead atoms. The fraction of sp³-hybridized carbons (Fsp3) is 0.438. The number of allylic oxidation sites excluding steroid dienone is 1. The van der Waals surface area contributed by atoms with E-state index >= 15 is 0 Å². The topological polar surface area (TPSA) is 52.0 Å². The number of aromatic nitrogens is 1. The van der Waals surface area contributed by atoms with E-state index in [0.29, 0.717) is 6.54 Å². The maximum Gasteiger partial charge on any atom is 0.195 e. The summed E-state index contributed by atoms with van der Waals surface area (Å²) in [5.41, 5.74) is 10.00. The molecular formula is C16H22N2O. The Morgan fingerprint density at radius 1 is 1.42 bits per heavy atom. The molecule has 0 radical (unpaired) electrons. The van der Waals surface area contributed by atoms with Crippen LogP contribution >= 0.6 is 0 Å². The van der Waals surface area contributed by atoms with Crippen molar-refractivity contribution in [2.24, 2.45) is 5.73 Å². The van der Waals surface area contributed by atoms with E-state index in [0.717, 1.165) is 42.7 Å². The molecule has 2 N–H and O–H groups in total. The number of oxazole rings is 1. The SMILES string of the molecule is C/C=C(\CN)Cc1ccc2nc(CCCC)oc2c1. The quantitative estimate of drug-likeness (QED) is 0.805. The fourth-order valence-corrected chi connectivity index (χ4v) is 2.12. The third kappa shape index (κ3) is 3.44. The minimum absolute atomic E-state index is 0.604. The lowest BCUT2D eigenvalue weighted by Crippen LogP contribution is -2.05. The van der Waals surface area contributed by atoms with Crippen molar-refractivity contribution in [1.29, 1.82) is 0 Å². The van der Waals surface area contributed by atoms with Crippen LogP contribution in [-0.4, -0.2) is 11.5 Å². The molecule has 0 fully saturated rings. The van der Waals surface area contributed by atoms with Crippen molar-refractivity contribution in [1.82, 2.24) is 4.98 Å². The molecule has 2 rings (SSSR count). The van der Waals surface area contributed by atoms with E-state index in [2.05, 4.69) is 30.1 Å². The molecule has 0 aliphatic carbocycles. The molecule has 3 nitrogen and oxygen atoms in total. The lowest BCUT2D eigenvalue weighted by Gasteiger charge is -2.03. The van der Waals surface area contributed by atoms with Gasteiger partial charge in [0.1, 0.15) is 5.52 Å². The average Bonchev–Trinajstić information content (AvgIpc) is 2.84. The summed E-state index contributed by atoms with van der Waals surface area (Å²) < 4.78 is 5.80. The number of nitrogens with two attached hydrogens (primary N) is 1. The van der Waals surface area contributed by atoms with E-state index in [1.54, 1.807) is 0 Å². The average molecular weight is 258 g/mol. The Kier molecular flexibility index (Phi) is 4.74. The number of aryl methyl sites for hydroxylation is 1. The minimum Gasteiger partial charge on any atom is -0.441 e. The number of hydrogen-bond acceptors (Lipinski definition) is 3. The molecule has 3 heteroatoms. The minimum atomic E-state index is 0.604. The van der Waals surface area contributed by atoms with Gasteiger partial charge in [0, 0.05) is 13.0 Å². The molecule has 0 unspecified atom stereocenters. The van der Waals surface area contributed by atoms with Crippen LogP contribution in [0.2, 0.25) is 0 Å². The van der Waals surface area contributed by atoms with Gasteiger partial charge in [-0.05, 0) is 37.5 Å². The first-order valence-electron chi connectivity index (χ1n) is 6.99. The lowest BCUT2D eigenvalue weighted by atomic mass is 10.0. The molecule has 102 valence electrons. The van der Waals surface area contributed by atoms with Gasteiger partial charge in [-0.3, -0.25) is 0 Å². The van der Waals surface area contributed by atoms with Crippen LogP contribution in [0.5, 0.6) is 0 Å². The number of nitrogens with zero attached hydrogens (tertiary/aromatic N) is 1. The van der Waals surface area contributed by atoms with E-state index in [4.69, 9.17) is 10.2 Å². The van der Waals surface area contributed by atoms with E-state index < -0.39 is 0 Å². The van der Waals surface area contributed by atoms with Crippen LogP contribution in [0.1, 0.15) is 38.1 Å². The third-order valence-corrected chi connectivity index (χ3v) is 3.34. The second-order valence-corrected chi connectivity index (χ2v) is 4.84. The maximum absolute atomic E-state index is 5.80.